The van der Waals surface area contributed by atoms with Crippen LogP contribution < -0.4 is 10.6 Å². The molecule has 6 unspecified atom stereocenters. The number of rotatable bonds is 8. The molecule has 4 fully saturated rings. The first kappa shape index (κ1) is 27.7. The second kappa shape index (κ2) is 11.5. The molecule has 1 aliphatic carbocycles. The predicted octanol–water partition coefficient (Wildman–Crippen LogP) is 4.14. The largest absolute Gasteiger partial charge is 0.359 e. The Bertz CT molecular complexity index is 1150. The van der Waals surface area contributed by atoms with Crippen molar-refractivity contribution in [2.75, 3.05) is 25.0 Å². The maximum absolute atomic E-state index is 14.2. The first-order chi connectivity index (χ1) is 19.4. The molecule has 5 aliphatic rings. The highest BCUT2D eigenvalue weighted by atomic mass is 35.5. The number of benzene rings is 1. The summed E-state index contributed by atoms with van der Waals surface area (Å²) in [6.45, 7) is 4.40. The van der Waals surface area contributed by atoms with Crippen LogP contribution in [0.3, 0.4) is 0 Å². The first-order valence-corrected chi connectivity index (χ1v) is 15.6. The fourth-order valence-corrected chi connectivity index (χ4v) is 7.97. The fourth-order valence-electron chi connectivity index (χ4n) is 7.85. The van der Waals surface area contributed by atoms with Crippen molar-refractivity contribution < 1.29 is 19.1 Å². The van der Waals surface area contributed by atoms with E-state index in [-0.39, 0.29) is 23.8 Å². The van der Waals surface area contributed by atoms with E-state index in [0.29, 0.717) is 23.3 Å². The summed E-state index contributed by atoms with van der Waals surface area (Å²) in [7, 11) is 0. The molecule has 2 bridgehead atoms. The predicted molar refractivity (Wildman–Crippen MR) is 154 cm³/mol. The van der Waals surface area contributed by atoms with Gasteiger partial charge in [0.15, 0.2) is 0 Å². The Hall–Kier alpha value is -2.42. The van der Waals surface area contributed by atoms with Gasteiger partial charge >= 0.3 is 0 Å². The number of carbonyl (C=O) groups excluding carboxylic acids is 3. The van der Waals surface area contributed by atoms with E-state index in [1.807, 2.05) is 12.2 Å². The van der Waals surface area contributed by atoms with Crippen LogP contribution in [0.1, 0.15) is 64.7 Å². The second-order valence-corrected chi connectivity index (χ2v) is 12.6. The number of nitrogens with one attached hydrogen (secondary N) is 2. The lowest BCUT2D eigenvalue weighted by Crippen LogP contribution is -2.57. The van der Waals surface area contributed by atoms with Crippen LogP contribution in [0.4, 0.5) is 5.69 Å². The van der Waals surface area contributed by atoms with Crippen molar-refractivity contribution in [3.05, 3.63) is 41.4 Å². The molecule has 8 nitrogen and oxygen atoms in total. The van der Waals surface area contributed by atoms with Gasteiger partial charge in [-0.2, -0.15) is 0 Å². The van der Waals surface area contributed by atoms with Crippen molar-refractivity contribution in [3.8, 4) is 0 Å². The van der Waals surface area contributed by atoms with Gasteiger partial charge in [0.05, 0.1) is 17.9 Å². The Morgan fingerprint density at radius 1 is 1.02 bits per heavy atom. The summed E-state index contributed by atoms with van der Waals surface area (Å²) in [4.78, 5) is 46.1. The van der Waals surface area contributed by atoms with Crippen LogP contribution in [-0.2, 0) is 19.1 Å². The van der Waals surface area contributed by atoms with Gasteiger partial charge in [-0.3, -0.25) is 19.3 Å². The molecule has 1 spiro atoms. The Labute approximate surface area is 241 Å². The lowest BCUT2D eigenvalue weighted by Gasteiger charge is -2.38. The lowest BCUT2D eigenvalue weighted by atomic mass is 9.74. The molecule has 216 valence electrons. The quantitative estimate of drug-likeness (QED) is 0.460. The van der Waals surface area contributed by atoms with Crippen LogP contribution in [0.25, 0.3) is 0 Å². The smallest absolute Gasteiger partial charge is 0.246 e. The topological polar surface area (TPSA) is 91.0 Å². The van der Waals surface area contributed by atoms with Gasteiger partial charge in [-0.1, -0.05) is 56.4 Å². The second-order valence-electron chi connectivity index (χ2n) is 12.2. The normalized spacial score (nSPS) is 33.8. The summed E-state index contributed by atoms with van der Waals surface area (Å²) >= 11 is 6.02. The van der Waals surface area contributed by atoms with Gasteiger partial charge in [-0.25, -0.2) is 0 Å². The number of likely N-dealkylation sites (tertiary alicyclic amines) is 2. The van der Waals surface area contributed by atoms with Gasteiger partial charge in [0.1, 0.15) is 11.6 Å². The zero-order valence-electron chi connectivity index (χ0n) is 23.3. The third-order valence-corrected chi connectivity index (χ3v) is 10.1. The van der Waals surface area contributed by atoms with E-state index >= 15 is 0 Å². The van der Waals surface area contributed by atoms with E-state index in [2.05, 4.69) is 22.5 Å². The van der Waals surface area contributed by atoms with Crippen molar-refractivity contribution in [2.24, 2.45) is 11.8 Å². The van der Waals surface area contributed by atoms with Crippen molar-refractivity contribution in [3.63, 3.8) is 0 Å². The number of halogens is 1. The van der Waals surface area contributed by atoms with Crippen molar-refractivity contribution in [2.45, 2.75) is 94.5 Å². The Morgan fingerprint density at radius 3 is 2.52 bits per heavy atom. The van der Waals surface area contributed by atoms with Gasteiger partial charge in [-0.15, -0.1) is 0 Å². The minimum Gasteiger partial charge on any atom is -0.359 e. The zero-order chi connectivity index (χ0) is 27.9. The highest BCUT2D eigenvalue weighted by Crippen LogP contribution is 2.55. The number of anilines is 1. The average molecular weight is 569 g/mol. The molecule has 1 saturated carbocycles. The standard InChI is InChI=1S/C31H41ClN4O4/c1-2-23-10-6-7-17-35(23)18-19-36-27(29(38)34-21-8-4-3-5-9-21)31-16-15-24(40-31)25(26(31)30(36)39)28(37)33-22-13-11-20(32)12-14-22/h11-16,21,23-27H,2-10,17-19H2,1H3,(H,33,37)(H,34,38). The van der Waals surface area contributed by atoms with E-state index < -0.39 is 29.6 Å². The Balaban J connectivity index is 1.26. The molecular formula is C31H41ClN4O4. The first-order valence-electron chi connectivity index (χ1n) is 15.2. The molecule has 9 heteroatoms. The fraction of sp³-hybridized carbons (Fsp3) is 0.645. The summed E-state index contributed by atoms with van der Waals surface area (Å²) in [5.41, 5.74) is -0.519. The molecule has 3 saturated heterocycles. The average Bonchev–Trinajstić information content (AvgIpc) is 3.61. The zero-order valence-corrected chi connectivity index (χ0v) is 24.1. The molecular weight excluding hydrogens is 528 g/mol. The van der Waals surface area contributed by atoms with Crippen molar-refractivity contribution >= 4 is 35.0 Å². The number of ether oxygens (including phenoxy) is 1. The summed E-state index contributed by atoms with van der Waals surface area (Å²) in [5.74, 6) is -2.02. The van der Waals surface area contributed by atoms with E-state index in [4.69, 9.17) is 16.3 Å². The summed E-state index contributed by atoms with van der Waals surface area (Å²) < 4.78 is 6.50. The molecule has 6 rings (SSSR count). The third-order valence-electron chi connectivity index (χ3n) is 9.84. The maximum Gasteiger partial charge on any atom is 0.246 e. The van der Waals surface area contributed by atoms with Crippen molar-refractivity contribution in [1.29, 1.82) is 0 Å². The summed E-state index contributed by atoms with van der Waals surface area (Å²) in [5, 5.41) is 6.81. The Kier molecular flexibility index (Phi) is 7.94. The van der Waals surface area contributed by atoms with Crippen LogP contribution >= 0.6 is 11.6 Å². The highest BCUT2D eigenvalue weighted by Gasteiger charge is 2.72. The minimum atomic E-state index is -1.13. The number of hydrogen-bond donors (Lipinski definition) is 2. The summed E-state index contributed by atoms with van der Waals surface area (Å²) in [6.07, 6.45) is 13.2. The molecule has 40 heavy (non-hydrogen) atoms. The van der Waals surface area contributed by atoms with Crippen LogP contribution in [0, 0.1) is 11.8 Å². The molecule has 1 aromatic carbocycles. The monoisotopic (exact) mass is 568 g/mol. The van der Waals surface area contributed by atoms with Gasteiger partial charge in [0.25, 0.3) is 0 Å². The number of carbonyl (C=O) groups is 3. The molecule has 6 atom stereocenters. The third kappa shape index (κ3) is 4.96. The lowest BCUT2D eigenvalue weighted by molar-refractivity contribution is -0.141. The molecule has 4 heterocycles. The minimum absolute atomic E-state index is 0.117. The van der Waals surface area contributed by atoms with Crippen molar-refractivity contribution in [1.82, 2.24) is 15.1 Å². The molecule has 1 aromatic rings. The molecule has 0 radical (unpaired) electrons. The molecule has 4 aliphatic heterocycles. The number of hydrogen-bond acceptors (Lipinski definition) is 5. The number of piperidine rings is 1. The van der Waals surface area contributed by atoms with Gasteiger partial charge in [0.2, 0.25) is 17.7 Å². The Morgan fingerprint density at radius 2 is 1.77 bits per heavy atom. The van der Waals surface area contributed by atoms with Crippen LogP contribution in [0.2, 0.25) is 5.02 Å². The van der Waals surface area contributed by atoms with E-state index in [1.165, 1.54) is 19.3 Å². The number of fused-ring (bicyclic) bond motifs is 1. The number of amides is 3. The van der Waals surface area contributed by atoms with Crippen LogP contribution in [0.5, 0.6) is 0 Å². The highest BCUT2D eigenvalue weighted by molar-refractivity contribution is 6.30. The van der Waals surface area contributed by atoms with E-state index in [1.54, 1.807) is 29.2 Å². The van der Waals surface area contributed by atoms with E-state index in [9.17, 15) is 14.4 Å². The SMILES string of the molecule is CCC1CCCCN1CCN1C(=O)C2C(C(=O)Nc3ccc(Cl)cc3)C3C=CC2(O3)C1C(=O)NC1CCCCC1. The van der Waals surface area contributed by atoms with Gasteiger partial charge in [0, 0.05) is 35.9 Å². The van der Waals surface area contributed by atoms with Crippen LogP contribution in [0.15, 0.2) is 36.4 Å². The molecule has 3 amide bonds. The number of nitrogens with zero attached hydrogens (tertiary/aromatic N) is 2. The molecule has 2 N–H and O–H groups in total. The van der Waals surface area contributed by atoms with Crippen LogP contribution in [-0.4, -0.2) is 77.0 Å². The van der Waals surface area contributed by atoms with E-state index in [0.717, 1.165) is 51.6 Å². The maximum atomic E-state index is 14.2. The molecule has 0 aromatic heterocycles. The summed E-state index contributed by atoms with van der Waals surface area (Å²) in [6, 6.07) is 6.75. The van der Waals surface area contributed by atoms with Gasteiger partial charge in [-0.05, 0) is 62.9 Å². The van der Waals surface area contributed by atoms with Gasteiger partial charge < -0.3 is 20.3 Å².